The van der Waals surface area contributed by atoms with Gasteiger partial charge in [0.1, 0.15) is 5.82 Å². The molecule has 1 rings (SSSR count). The van der Waals surface area contributed by atoms with E-state index in [2.05, 4.69) is 26.6 Å². The van der Waals surface area contributed by atoms with Crippen LogP contribution >= 0.6 is 15.9 Å². The van der Waals surface area contributed by atoms with E-state index in [-0.39, 0.29) is 5.69 Å². The van der Waals surface area contributed by atoms with Gasteiger partial charge in [0.05, 0.1) is 5.69 Å². The summed E-state index contributed by atoms with van der Waals surface area (Å²) in [6, 6.07) is 4.09. The van der Waals surface area contributed by atoms with Gasteiger partial charge >= 0.3 is 6.03 Å². The van der Waals surface area contributed by atoms with Crippen LogP contribution in [0.15, 0.2) is 22.7 Å². The smallest absolute Gasteiger partial charge is 0.319 e. The lowest BCUT2D eigenvalue weighted by atomic mass is 10.2. The minimum Gasteiger partial charge on any atom is -0.338 e. The molecule has 0 fully saturated rings. The number of benzene rings is 1. The van der Waals surface area contributed by atoms with Crippen LogP contribution in [-0.4, -0.2) is 12.6 Å². The summed E-state index contributed by atoms with van der Waals surface area (Å²) in [5.41, 5.74) is 0.171. The van der Waals surface area contributed by atoms with Crippen LogP contribution in [0.2, 0.25) is 0 Å². The number of halogens is 2. The van der Waals surface area contributed by atoms with Crippen molar-refractivity contribution in [2.24, 2.45) is 5.92 Å². The normalized spacial score (nSPS) is 10.3. The first-order valence-corrected chi connectivity index (χ1v) is 5.78. The van der Waals surface area contributed by atoms with Crippen LogP contribution in [0.1, 0.15) is 13.8 Å². The molecule has 0 unspecified atom stereocenters. The SMILES string of the molecule is CC(C)CNC(=O)Nc1ccc(Br)cc1F. The van der Waals surface area contributed by atoms with Crippen LogP contribution in [0.25, 0.3) is 0 Å². The van der Waals surface area contributed by atoms with Crippen molar-refractivity contribution in [2.45, 2.75) is 13.8 Å². The van der Waals surface area contributed by atoms with E-state index in [1.807, 2.05) is 13.8 Å². The Bertz CT molecular complexity index is 382. The number of hydrogen-bond donors (Lipinski definition) is 2. The molecule has 0 saturated heterocycles. The van der Waals surface area contributed by atoms with Crippen molar-refractivity contribution in [1.82, 2.24) is 5.32 Å². The molecule has 0 spiro atoms. The van der Waals surface area contributed by atoms with Crippen LogP contribution in [-0.2, 0) is 0 Å². The minimum atomic E-state index is -0.464. The van der Waals surface area contributed by atoms with E-state index in [4.69, 9.17) is 0 Å². The molecule has 0 radical (unpaired) electrons. The summed E-state index contributed by atoms with van der Waals surface area (Å²) in [5.74, 6) is -0.102. The summed E-state index contributed by atoms with van der Waals surface area (Å²) in [6.45, 7) is 4.53. The number of anilines is 1. The minimum absolute atomic E-state index is 0.171. The summed E-state index contributed by atoms with van der Waals surface area (Å²) >= 11 is 3.14. The Kier molecular flexibility index (Phi) is 4.73. The number of amides is 2. The third-order valence-electron chi connectivity index (χ3n) is 1.85. The number of carbonyl (C=O) groups excluding carboxylic acids is 1. The maximum Gasteiger partial charge on any atom is 0.319 e. The molecule has 0 saturated carbocycles. The Balaban J connectivity index is 2.56. The van der Waals surface area contributed by atoms with Crippen LogP contribution in [0, 0.1) is 11.7 Å². The first-order valence-electron chi connectivity index (χ1n) is 4.99. The largest absolute Gasteiger partial charge is 0.338 e. The van der Waals surface area contributed by atoms with E-state index in [1.54, 1.807) is 6.07 Å². The van der Waals surface area contributed by atoms with Gasteiger partial charge in [-0.25, -0.2) is 9.18 Å². The molecule has 0 heterocycles. The second-order valence-electron chi connectivity index (χ2n) is 3.85. The molecule has 88 valence electrons. The van der Waals surface area contributed by atoms with Crippen LogP contribution in [0.4, 0.5) is 14.9 Å². The Morgan fingerprint density at radius 1 is 1.50 bits per heavy atom. The van der Waals surface area contributed by atoms with Gasteiger partial charge in [-0.15, -0.1) is 0 Å². The molecule has 3 nitrogen and oxygen atoms in total. The van der Waals surface area contributed by atoms with Crippen molar-refractivity contribution in [1.29, 1.82) is 0 Å². The zero-order chi connectivity index (χ0) is 12.1. The van der Waals surface area contributed by atoms with E-state index in [9.17, 15) is 9.18 Å². The monoisotopic (exact) mass is 288 g/mol. The Labute approximate surface area is 103 Å². The van der Waals surface area contributed by atoms with Gasteiger partial charge in [0.25, 0.3) is 0 Å². The average Bonchev–Trinajstić information content (AvgIpc) is 2.19. The van der Waals surface area contributed by atoms with Gasteiger partial charge in [-0.3, -0.25) is 0 Å². The number of nitrogens with one attached hydrogen (secondary N) is 2. The van der Waals surface area contributed by atoms with Gasteiger partial charge < -0.3 is 10.6 Å². The van der Waals surface area contributed by atoms with Gasteiger partial charge in [-0.1, -0.05) is 29.8 Å². The molecule has 2 N–H and O–H groups in total. The lowest BCUT2D eigenvalue weighted by molar-refractivity contribution is 0.250. The van der Waals surface area contributed by atoms with Crippen LogP contribution in [0.3, 0.4) is 0 Å². The van der Waals surface area contributed by atoms with Crippen LogP contribution < -0.4 is 10.6 Å². The molecule has 0 atom stereocenters. The van der Waals surface area contributed by atoms with E-state index >= 15 is 0 Å². The fourth-order valence-corrected chi connectivity index (χ4v) is 1.39. The van der Waals surface area contributed by atoms with Crippen molar-refractivity contribution in [3.05, 3.63) is 28.5 Å². The van der Waals surface area contributed by atoms with Crippen LogP contribution in [0.5, 0.6) is 0 Å². The highest BCUT2D eigenvalue weighted by molar-refractivity contribution is 9.10. The van der Waals surface area contributed by atoms with E-state index in [0.29, 0.717) is 16.9 Å². The molecular weight excluding hydrogens is 275 g/mol. The maximum atomic E-state index is 13.3. The summed E-state index contributed by atoms with van der Waals surface area (Å²) in [7, 11) is 0. The summed E-state index contributed by atoms with van der Waals surface area (Å²) in [4.78, 5) is 11.4. The van der Waals surface area contributed by atoms with Gasteiger partial charge in [0, 0.05) is 11.0 Å². The number of hydrogen-bond acceptors (Lipinski definition) is 1. The third-order valence-corrected chi connectivity index (χ3v) is 2.34. The summed E-state index contributed by atoms with van der Waals surface area (Å²) in [5, 5.41) is 5.09. The summed E-state index contributed by atoms with van der Waals surface area (Å²) in [6.07, 6.45) is 0. The predicted molar refractivity (Wildman–Crippen MR) is 66.0 cm³/mol. The lowest BCUT2D eigenvalue weighted by Gasteiger charge is -2.10. The van der Waals surface area contributed by atoms with E-state index in [0.717, 1.165) is 0 Å². The van der Waals surface area contributed by atoms with Crippen molar-refractivity contribution in [2.75, 3.05) is 11.9 Å². The van der Waals surface area contributed by atoms with Crippen molar-refractivity contribution in [3.63, 3.8) is 0 Å². The number of urea groups is 1. The third kappa shape index (κ3) is 4.18. The predicted octanol–water partition coefficient (Wildman–Crippen LogP) is 3.37. The molecule has 1 aromatic rings. The van der Waals surface area contributed by atoms with E-state index in [1.165, 1.54) is 12.1 Å². The Hall–Kier alpha value is -1.10. The number of carbonyl (C=O) groups is 1. The maximum absolute atomic E-state index is 13.3. The highest BCUT2D eigenvalue weighted by Crippen LogP contribution is 2.19. The molecule has 5 heteroatoms. The first-order chi connectivity index (χ1) is 7.49. The van der Waals surface area contributed by atoms with Crippen molar-refractivity contribution < 1.29 is 9.18 Å². The molecule has 2 amide bonds. The topological polar surface area (TPSA) is 41.1 Å². The average molecular weight is 289 g/mol. The van der Waals surface area contributed by atoms with Crippen molar-refractivity contribution in [3.8, 4) is 0 Å². The summed E-state index contributed by atoms with van der Waals surface area (Å²) < 4.78 is 14.0. The lowest BCUT2D eigenvalue weighted by Crippen LogP contribution is -2.31. The zero-order valence-corrected chi connectivity index (χ0v) is 10.8. The number of rotatable bonds is 3. The highest BCUT2D eigenvalue weighted by atomic mass is 79.9. The standard InChI is InChI=1S/C11H14BrFN2O/c1-7(2)6-14-11(16)15-10-4-3-8(12)5-9(10)13/h3-5,7H,6H2,1-2H3,(H2,14,15,16). The fourth-order valence-electron chi connectivity index (χ4n) is 1.05. The molecule has 16 heavy (non-hydrogen) atoms. The molecular formula is C11H14BrFN2O. The van der Waals surface area contributed by atoms with Gasteiger partial charge in [-0.2, -0.15) is 0 Å². The molecule has 0 aromatic heterocycles. The van der Waals surface area contributed by atoms with Gasteiger partial charge in [0.2, 0.25) is 0 Å². The Morgan fingerprint density at radius 2 is 2.19 bits per heavy atom. The van der Waals surface area contributed by atoms with Crippen molar-refractivity contribution >= 4 is 27.6 Å². The second kappa shape index (κ2) is 5.84. The quantitative estimate of drug-likeness (QED) is 0.880. The van der Waals surface area contributed by atoms with Gasteiger partial charge in [-0.05, 0) is 24.1 Å². The Morgan fingerprint density at radius 3 is 2.75 bits per heavy atom. The zero-order valence-electron chi connectivity index (χ0n) is 9.18. The first kappa shape index (κ1) is 13.0. The molecule has 0 aliphatic rings. The molecule has 0 aliphatic carbocycles. The molecule has 1 aromatic carbocycles. The van der Waals surface area contributed by atoms with Gasteiger partial charge in [0.15, 0.2) is 0 Å². The fraction of sp³-hybridized carbons (Fsp3) is 0.364. The van der Waals surface area contributed by atoms with E-state index < -0.39 is 11.8 Å². The second-order valence-corrected chi connectivity index (χ2v) is 4.77. The molecule has 0 bridgehead atoms. The molecule has 0 aliphatic heterocycles. The highest BCUT2D eigenvalue weighted by Gasteiger charge is 2.06.